The minimum absolute atomic E-state index is 0.721. The van der Waals surface area contributed by atoms with Crippen LogP contribution in [-0.2, 0) is 7.05 Å². The Labute approximate surface area is 83.8 Å². The van der Waals surface area contributed by atoms with Gasteiger partial charge in [0.05, 0.1) is 17.7 Å². The van der Waals surface area contributed by atoms with Crippen LogP contribution in [0.4, 0.5) is 0 Å². The summed E-state index contributed by atoms with van der Waals surface area (Å²) in [7, 11) is 1.81. The molecule has 0 saturated heterocycles. The number of aryl methyl sites for hydroxylation is 1. The molecule has 0 amide bonds. The molecule has 0 aliphatic rings. The van der Waals surface area contributed by atoms with Crippen molar-refractivity contribution in [3.8, 4) is 6.07 Å². The van der Waals surface area contributed by atoms with Crippen molar-refractivity contribution in [2.24, 2.45) is 12.5 Å². The van der Waals surface area contributed by atoms with Crippen LogP contribution in [0, 0.1) is 23.7 Å². The van der Waals surface area contributed by atoms with E-state index in [1.165, 1.54) is 0 Å². The number of hydrogen-bond donors (Lipinski definition) is 1. The zero-order chi connectivity index (χ0) is 10.9. The zero-order valence-corrected chi connectivity index (χ0v) is 8.94. The number of nitriles is 1. The molecule has 4 heteroatoms. The fraction of sp³-hybridized carbons (Fsp3) is 0.600. The van der Waals surface area contributed by atoms with Crippen molar-refractivity contribution in [2.45, 2.75) is 26.9 Å². The van der Waals surface area contributed by atoms with Crippen molar-refractivity contribution in [3.63, 3.8) is 0 Å². The molecule has 1 heterocycles. The average molecular weight is 193 g/mol. The average Bonchev–Trinajstić information content (AvgIpc) is 2.47. The quantitative estimate of drug-likeness (QED) is 0.770. The van der Waals surface area contributed by atoms with Crippen molar-refractivity contribution in [2.75, 3.05) is 0 Å². The van der Waals surface area contributed by atoms with Crippen LogP contribution in [0.3, 0.4) is 0 Å². The maximum Gasteiger partial charge on any atom is 0.100 e. The van der Waals surface area contributed by atoms with E-state index in [2.05, 4.69) is 11.2 Å². The summed E-state index contributed by atoms with van der Waals surface area (Å²) in [6, 6.07) is 2.09. The van der Waals surface area contributed by atoms with Crippen molar-refractivity contribution in [1.82, 2.24) is 9.78 Å². The van der Waals surface area contributed by atoms with E-state index in [1.807, 2.05) is 14.0 Å². The molecule has 0 bridgehead atoms. The number of aliphatic hydroxyl groups is 1. The van der Waals surface area contributed by atoms with Crippen LogP contribution in [0.1, 0.15) is 31.2 Å². The molecule has 0 aliphatic heterocycles. The number of aromatic nitrogens is 2. The predicted molar refractivity (Wildman–Crippen MR) is 52.3 cm³/mol. The first kappa shape index (κ1) is 10.7. The van der Waals surface area contributed by atoms with E-state index in [-0.39, 0.29) is 0 Å². The summed E-state index contributed by atoms with van der Waals surface area (Å²) in [5, 5.41) is 22.9. The van der Waals surface area contributed by atoms with Crippen molar-refractivity contribution >= 4 is 0 Å². The van der Waals surface area contributed by atoms with Crippen LogP contribution in [0.5, 0.6) is 0 Å². The van der Waals surface area contributed by atoms with E-state index in [9.17, 15) is 5.11 Å². The van der Waals surface area contributed by atoms with Crippen LogP contribution in [0.15, 0.2) is 6.20 Å². The molecule has 0 aliphatic carbocycles. The van der Waals surface area contributed by atoms with Gasteiger partial charge in [0.1, 0.15) is 6.10 Å². The van der Waals surface area contributed by atoms with Crippen LogP contribution in [-0.4, -0.2) is 14.9 Å². The highest BCUT2D eigenvalue weighted by Crippen LogP contribution is 2.33. The van der Waals surface area contributed by atoms with Crippen LogP contribution in [0.2, 0.25) is 0 Å². The fourth-order valence-electron chi connectivity index (χ4n) is 1.23. The smallest absolute Gasteiger partial charge is 0.100 e. The van der Waals surface area contributed by atoms with Gasteiger partial charge in [-0.3, -0.25) is 4.68 Å². The highest BCUT2D eigenvalue weighted by atomic mass is 16.3. The molecule has 1 aromatic heterocycles. The van der Waals surface area contributed by atoms with Crippen LogP contribution >= 0.6 is 0 Å². The van der Waals surface area contributed by atoms with Crippen LogP contribution in [0.25, 0.3) is 0 Å². The third-order valence-electron chi connectivity index (χ3n) is 2.54. The lowest BCUT2D eigenvalue weighted by atomic mass is 9.84. The van der Waals surface area contributed by atoms with Gasteiger partial charge in [-0.05, 0) is 20.8 Å². The van der Waals surface area contributed by atoms with E-state index in [4.69, 9.17) is 5.26 Å². The summed E-state index contributed by atoms with van der Waals surface area (Å²) < 4.78 is 1.69. The van der Waals surface area contributed by atoms with Gasteiger partial charge >= 0.3 is 0 Å². The van der Waals surface area contributed by atoms with E-state index in [0.29, 0.717) is 0 Å². The molecule has 4 nitrogen and oxygen atoms in total. The molecular formula is C10H15N3O. The first-order valence-electron chi connectivity index (χ1n) is 4.48. The fourth-order valence-corrected chi connectivity index (χ4v) is 1.23. The first-order valence-corrected chi connectivity index (χ1v) is 4.48. The Hall–Kier alpha value is -1.34. The molecule has 1 rings (SSSR count). The molecule has 0 radical (unpaired) electrons. The largest absolute Gasteiger partial charge is 0.387 e. The van der Waals surface area contributed by atoms with E-state index >= 15 is 0 Å². The summed E-state index contributed by atoms with van der Waals surface area (Å²) >= 11 is 0. The van der Waals surface area contributed by atoms with Gasteiger partial charge in [-0.2, -0.15) is 10.4 Å². The second kappa shape index (κ2) is 3.43. The normalized spacial score (nSPS) is 13.7. The number of aliphatic hydroxyl groups excluding tert-OH is 1. The third kappa shape index (κ3) is 1.64. The summed E-state index contributed by atoms with van der Waals surface area (Å²) in [6.45, 7) is 5.30. The summed E-state index contributed by atoms with van der Waals surface area (Å²) in [6.07, 6.45) is 0.820. The van der Waals surface area contributed by atoms with E-state index in [0.717, 1.165) is 11.3 Å². The van der Waals surface area contributed by atoms with Gasteiger partial charge in [0.2, 0.25) is 0 Å². The van der Waals surface area contributed by atoms with E-state index in [1.54, 1.807) is 24.7 Å². The maximum atomic E-state index is 9.97. The molecule has 76 valence electrons. The van der Waals surface area contributed by atoms with Crippen LogP contribution < -0.4 is 0 Å². The molecule has 0 saturated carbocycles. The lowest BCUT2D eigenvalue weighted by Gasteiger charge is -2.22. The van der Waals surface area contributed by atoms with Crippen molar-refractivity contribution in [3.05, 3.63) is 17.5 Å². The van der Waals surface area contributed by atoms with Gasteiger partial charge in [-0.15, -0.1) is 0 Å². The minimum Gasteiger partial charge on any atom is -0.387 e. The number of hydrogen-bond acceptors (Lipinski definition) is 3. The van der Waals surface area contributed by atoms with Crippen molar-refractivity contribution in [1.29, 1.82) is 5.26 Å². The second-order valence-electron chi connectivity index (χ2n) is 4.04. The summed E-state index contributed by atoms with van der Waals surface area (Å²) in [4.78, 5) is 0. The molecule has 1 aromatic rings. The highest BCUT2D eigenvalue weighted by molar-refractivity contribution is 5.23. The van der Waals surface area contributed by atoms with Gasteiger partial charge in [-0.1, -0.05) is 0 Å². The SMILES string of the molecule is Cc1c(C(O)C(C)(C)C#N)cnn1C. The van der Waals surface area contributed by atoms with Gasteiger partial charge < -0.3 is 5.11 Å². The Balaban J connectivity index is 3.08. The first-order chi connectivity index (χ1) is 6.40. The summed E-state index contributed by atoms with van der Waals surface area (Å²) in [5.74, 6) is 0. The molecule has 0 aromatic carbocycles. The standard InChI is InChI=1S/C10H15N3O/c1-7-8(5-12-13(7)4)9(14)10(2,3)6-11/h5,9,14H,1-4H3. The Morgan fingerprint density at radius 1 is 1.64 bits per heavy atom. The summed E-state index contributed by atoms with van der Waals surface area (Å²) in [5.41, 5.74) is 0.827. The maximum absolute atomic E-state index is 9.97. The molecular weight excluding hydrogens is 178 g/mol. The van der Waals surface area contributed by atoms with Gasteiger partial charge in [0.25, 0.3) is 0 Å². The molecule has 1 N–H and O–H groups in total. The minimum atomic E-state index is -0.791. The van der Waals surface area contributed by atoms with E-state index < -0.39 is 11.5 Å². The Bertz CT molecular complexity index is 373. The zero-order valence-electron chi connectivity index (χ0n) is 8.94. The Morgan fingerprint density at radius 2 is 2.21 bits per heavy atom. The molecule has 0 fully saturated rings. The number of nitrogens with zero attached hydrogens (tertiary/aromatic N) is 3. The van der Waals surface area contributed by atoms with Gasteiger partial charge in [0.15, 0.2) is 0 Å². The lowest BCUT2D eigenvalue weighted by molar-refractivity contribution is 0.0861. The molecule has 1 unspecified atom stereocenters. The van der Waals surface area contributed by atoms with Gasteiger partial charge in [0, 0.05) is 18.3 Å². The monoisotopic (exact) mass is 193 g/mol. The lowest BCUT2D eigenvalue weighted by Crippen LogP contribution is -2.20. The molecule has 14 heavy (non-hydrogen) atoms. The second-order valence-corrected chi connectivity index (χ2v) is 4.04. The third-order valence-corrected chi connectivity index (χ3v) is 2.54. The Morgan fingerprint density at radius 3 is 2.57 bits per heavy atom. The predicted octanol–water partition coefficient (Wildman–Crippen LogP) is 1.31. The number of rotatable bonds is 2. The van der Waals surface area contributed by atoms with Gasteiger partial charge in [-0.25, -0.2) is 0 Å². The Kier molecular flexibility index (Phi) is 2.63. The molecule has 0 spiro atoms. The van der Waals surface area contributed by atoms with Crippen molar-refractivity contribution < 1.29 is 5.11 Å². The topological polar surface area (TPSA) is 61.8 Å². The molecule has 1 atom stereocenters. The highest BCUT2D eigenvalue weighted by Gasteiger charge is 2.31.